The van der Waals surface area contributed by atoms with Crippen molar-refractivity contribution in [2.24, 2.45) is 0 Å². The van der Waals surface area contributed by atoms with E-state index >= 15 is 0 Å². The summed E-state index contributed by atoms with van der Waals surface area (Å²) < 4.78 is 10.8. The number of hydrogen-bond donors (Lipinski definition) is 0. The summed E-state index contributed by atoms with van der Waals surface area (Å²) in [4.78, 5) is 29.4. The molecule has 0 aromatic heterocycles. The summed E-state index contributed by atoms with van der Waals surface area (Å²) in [7, 11) is 1.61. The zero-order valence-electron chi connectivity index (χ0n) is 17.1. The van der Waals surface area contributed by atoms with E-state index in [2.05, 4.69) is 0 Å². The van der Waals surface area contributed by atoms with Gasteiger partial charge in [0.15, 0.2) is 6.61 Å². The van der Waals surface area contributed by atoms with Gasteiger partial charge in [-0.1, -0.05) is 18.2 Å². The average molecular weight is 427 g/mol. The standard InChI is InChI=1S/C23H26N2O4S/c1-28-19-9-7-18(8-10-19)22(27)25-15-16-30-23(25)11-13-24(14-12-23)21(26)17-29-20-5-3-2-4-6-20/h2-10H,11-17H2,1H3. The second kappa shape index (κ2) is 9.00. The lowest BCUT2D eigenvalue weighted by Crippen LogP contribution is -2.54. The van der Waals surface area contributed by atoms with Crippen LogP contribution in [0.1, 0.15) is 23.2 Å². The van der Waals surface area contributed by atoms with Crippen LogP contribution in [-0.4, -0.2) is 65.6 Å². The van der Waals surface area contributed by atoms with E-state index in [4.69, 9.17) is 9.47 Å². The monoisotopic (exact) mass is 426 g/mol. The first kappa shape index (κ1) is 20.6. The molecule has 2 saturated heterocycles. The lowest BCUT2D eigenvalue weighted by molar-refractivity contribution is -0.135. The summed E-state index contributed by atoms with van der Waals surface area (Å²) in [5, 5.41) is 0. The van der Waals surface area contributed by atoms with Crippen molar-refractivity contribution in [2.45, 2.75) is 17.7 Å². The van der Waals surface area contributed by atoms with Crippen molar-refractivity contribution in [2.75, 3.05) is 39.1 Å². The van der Waals surface area contributed by atoms with Gasteiger partial charge in [-0.05, 0) is 49.2 Å². The minimum atomic E-state index is -0.228. The molecule has 2 heterocycles. The van der Waals surface area contributed by atoms with Crippen molar-refractivity contribution in [3.05, 3.63) is 60.2 Å². The van der Waals surface area contributed by atoms with E-state index in [1.807, 2.05) is 76.2 Å². The summed E-state index contributed by atoms with van der Waals surface area (Å²) in [5.41, 5.74) is 0.674. The fourth-order valence-electron chi connectivity index (χ4n) is 4.06. The number of nitrogens with zero attached hydrogens (tertiary/aromatic N) is 2. The van der Waals surface area contributed by atoms with Gasteiger partial charge in [-0.3, -0.25) is 9.59 Å². The SMILES string of the molecule is COc1ccc(C(=O)N2CCSC23CCN(C(=O)COc2ccccc2)CC3)cc1. The molecule has 2 aliphatic rings. The summed E-state index contributed by atoms with van der Waals surface area (Å²) in [6.07, 6.45) is 1.55. The fraction of sp³-hybridized carbons (Fsp3) is 0.391. The molecule has 0 saturated carbocycles. The summed E-state index contributed by atoms with van der Waals surface area (Å²) >= 11 is 1.84. The Balaban J connectivity index is 1.36. The summed E-state index contributed by atoms with van der Waals surface area (Å²) in [5.74, 6) is 2.40. The maximum atomic E-state index is 13.2. The molecule has 0 atom stereocenters. The Morgan fingerprint density at radius 1 is 0.967 bits per heavy atom. The van der Waals surface area contributed by atoms with Gasteiger partial charge in [-0.2, -0.15) is 0 Å². The zero-order chi connectivity index (χ0) is 21.0. The van der Waals surface area contributed by atoms with Crippen LogP contribution < -0.4 is 9.47 Å². The largest absolute Gasteiger partial charge is 0.497 e. The number of likely N-dealkylation sites (tertiary alicyclic amines) is 1. The Hall–Kier alpha value is -2.67. The highest BCUT2D eigenvalue weighted by atomic mass is 32.2. The Morgan fingerprint density at radius 2 is 1.67 bits per heavy atom. The topological polar surface area (TPSA) is 59.1 Å². The van der Waals surface area contributed by atoms with Crippen LogP contribution in [0.25, 0.3) is 0 Å². The highest BCUT2D eigenvalue weighted by molar-refractivity contribution is 8.00. The molecule has 30 heavy (non-hydrogen) atoms. The third-order valence-electron chi connectivity index (χ3n) is 5.76. The predicted octanol–water partition coefficient (Wildman–Crippen LogP) is 3.28. The lowest BCUT2D eigenvalue weighted by atomic mass is 10.0. The lowest BCUT2D eigenvalue weighted by Gasteiger charge is -2.44. The molecule has 1 spiro atoms. The van der Waals surface area contributed by atoms with E-state index < -0.39 is 0 Å². The molecule has 0 aliphatic carbocycles. The van der Waals surface area contributed by atoms with E-state index in [0.29, 0.717) is 24.4 Å². The number of ether oxygens (including phenoxy) is 2. The number of amides is 2. The number of para-hydroxylation sites is 1. The van der Waals surface area contributed by atoms with Gasteiger partial charge in [0, 0.05) is 31.0 Å². The number of carbonyl (C=O) groups is 2. The van der Waals surface area contributed by atoms with Crippen LogP contribution in [0.5, 0.6) is 11.5 Å². The molecule has 2 aromatic carbocycles. The zero-order valence-corrected chi connectivity index (χ0v) is 17.9. The molecule has 0 bridgehead atoms. The Labute approximate surface area is 181 Å². The van der Waals surface area contributed by atoms with E-state index in [1.54, 1.807) is 7.11 Å². The molecule has 2 amide bonds. The van der Waals surface area contributed by atoms with E-state index in [9.17, 15) is 9.59 Å². The van der Waals surface area contributed by atoms with Crippen LogP contribution >= 0.6 is 11.8 Å². The quantitative estimate of drug-likeness (QED) is 0.734. The van der Waals surface area contributed by atoms with Gasteiger partial charge < -0.3 is 19.3 Å². The van der Waals surface area contributed by atoms with Crippen molar-refractivity contribution >= 4 is 23.6 Å². The number of thioether (sulfide) groups is 1. The van der Waals surface area contributed by atoms with E-state index in [-0.39, 0.29) is 23.3 Å². The molecular formula is C23H26N2O4S. The van der Waals surface area contributed by atoms with Crippen molar-refractivity contribution < 1.29 is 19.1 Å². The smallest absolute Gasteiger partial charge is 0.260 e. The van der Waals surface area contributed by atoms with Crippen LogP contribution in [0.4, 0.5) is 0 Å². The first-order valence-corrected chi connectivity index (χ1v) is 11.2. The summed E-state index contributed by atoms with van der Waals surface area (Å²) in [6, 6.07) is 16.6. The average Bonchev–Trinajstić information content (AvgIpc) is 3.21. The highest BCUT2D eigenvalue weighted by Crippen LogP contribution is 2.44. The van der Waals surface area contributed by atoms with Gasteiger partial charge in [-0.15, -0.1) is 11.8 Å². The second-order valence-corrected chi connectivity index (χ2v) is 8.92. The van der Waals surface area contributed by atoms with E-state index in [1.165, 1.54) is 0 Å². The Morgan fingerprint density at radius 3 is 2.33 bits per heavy atom. The molecule has 6 nitrogen and oxygen atoms in total. The molecule has 2 fully saturated rings. The van der Waals surface area contributed by atoms with Crippen molar-refractivity contribution in [1.82, 2.24) is 9.80 Å². The van der Waals surface area contributed by atoms with Gasteiger partial charge >= 0.3 is 0 Å². The van der Waals surface area contributed by atoms with Crippen LogP contribution in [0.2, 0.25) is 0 Å². The molecular weight excluding hydrogens is 400 g/mol. The minimum absolute atomic E-state index is 0.00951. The van der Waals surface area contributed by atoms with Gasteiger partial charge in [0.05, 0.1) is 12.0 Å². The third-order valence-corrected chi connectivity index (χ3v) is 7.32. The molecule has 7 heteroatoms. The molecule has 4 rings (SSSR count). The van der Waals surface area contributed by atoms with Crippen LogP contribution in [0.15, 0.2) is 54.6 Å². The van der Waals surface area contributed by atoms with E-state index in [0.717, 1.165) is 30.9 Å². The second-order valence-electron chi connectivity index (χ2n) is 7.46. The van der Waals surface area contributed by atoms with Gasteiger partial charge in [0.2, 0.25) is 0 Å². The van der Waals surface area contributed by atoms with Crippen molar-refractivity contribution in [1.29, 1.82) is 0 Å². The normalized spacial score (nSPS) is 17.8. The minimum Gasteiger partial charge on any atom is -0.497 e. The number of carbonyl (C=O) groups excluding carboxylic acids is 2. The predicted molar refractivity (Wildman–Crippen MR) is 117 cm³/mol. The first-order chi connectivity index (χ1) is 14.6. The van der Waals surface area contributed by atoms with Gasteiger partial charge in [0.25, 0.3) is 11.8 Å². The molecule has 0 unspecified atom stereocenters. The van der Waals surface area contributed by atoms with Crippen LogP contribution in [0, 0.1) is 0 Å². The summed E-state index contributed by atoms with van der Waals surface area (Å²) in [6.45, 7) is 2.05. The molecule has 0 radical (unpaired) electrons. The highest BCUT2D eigenvalue weighted by Gasteiger charge is 2.47. The molecule has 158 valence electrons. The van der Waals surface area contributed by atoms with Gasteiger partial charge in [-0.25, -0.2) is 0 Å². The maximum Gasteiger partial charge on any atom is 0.260 e. The fourth-order valence-corrected chi connectivity index (χ4v) is 5.51. The van der Waals surface area contributed by atoms with Crippen LogP contribution in [-0.2, 0) is 4.79 Å². The Bertz CT molecular complexity index is 880. The third kappa shape index (κ3) is 4.26. The first-order valence-electron chi connectivity index (χ1n) is 10.2. The number of methoxy groups -OCH3 is 1. The maximum absolute atomic E-state index is 13.2. The van der Waals surface area contributed by atoms with Gasteiger partial charge in [0.1, 0.15) is 11.5 Å². The number of piperidine rings is 1. The number of rotatable bonds is 5. The van der Waals surface area contributed by atoms with Crippen LogP contribution in [0.3, 0.4) is 0 Å². The molecule has 0 N–H and O–H groups in total. The van der Waals surface area contributed by atoms with Crippen molar-refractivity contribution in [3.63, 3.8) is 0 Å². The Kier molecular flexibility index (Phi) is 6.18. The number of hydrogen-bond acceptors (Lipinski definition) is 5. The van der Waals surface area contributed by atoms with Crippen molar-refractivity contribution in [3.8, 4) is 11.5 Å². The number of benzene rings is 2. The molecule has 2 aromatic rings. The molecule has 2 aliphatic heterocycles.